The molecule has 0 atom stereocenters. The van der Waals surface area contributed by atoms with Crippen molar-refractivity contribution >= 4 is 0 Å². The number of hydrogen-bond donors (Lipinski definition) is 1. The lowest BCUT2D eigenvalue weighted by Gasteiger charge is -2.21. The van der Waals surface area contributed by atoms with E-state index in [0.29, 0.717) is 0 Å². The summed E-state index contributed by atoms with van der Waals surface area (Å²) in [6.45, 7) is 4.12. The molecule has 0 saturated heterocycles. The average molecular weight is 263 g/mol. The second kappa shape index (κ2) is 7.64. The molecule has 1 aromatic carbocycles. The Hall–Kier alpha value is -0.890. The van der Waals surface area contributed by atoms with E-state index in [4.69, 9.17) is 0 Å². The van der Waals surface area contributed by atoms with E-state index in [1.807, 2.05) is 13.0 Å². The molecule has 0 spiro atoms. The van der Waals surface area contributed by atoms with Gasteiger partial charge in [-0.15, -0.1) is 0 Å². The van der Waals surface area contributed by atoms with Crippen molar-refractivity contribution in [3.63, 3.8) is 0 Å². The summed E-state index contributed by atoms with van der Waals surface area (Å²) >= 11 is 0. The van der Waals surface area contributed by atoms with Gasteiger partial charge in [-0.1, -0.05) is 38.2 Å². The highest BCUT2D eigenvalue weighted by Gasteiger charge is 2.12. The molecule has 2 heteroatoms. The van der Waals surface area contributed by atoms with E-state index in [1.165, 1.54) is 44.1 Å². The second-order valence-electron chi connectivity index (χ2n) is 5.86. The van der Waals surface area contributed by atoms with Crippen molar-refractivity contribution in [2.24, 2.45) is 5.92 Å². The predicted octanol–water partition coefficient (Wildman–Crippen LogP) is 4.24. The predicted molar refractivity (Wildman–Crippen MR) is 78.9 cm³/mol. The van der Waals surface area contributed by atoms with E-state index < -0.39 is 0 Å². The lowest BCUT2D eigenvalue weighted by Crippen LogP contribution is -2.22. The summed E-state index contributed by atoms with van der Waals surface area (Å²) in [4.78, 5) is 0. The largest absolute Gasteiger partial charge is 0.316 e. The van der Waals surface area contributed by atoms with E-state index in [0.717, 1.165) is 31.0 Å². The van der Waals surface area contributed by atoms with E-state index in [2.05, 4.69) is 5.32 Å². The van der Waals surface area contributed by atoms with Gasteiger partial charge in [0.05, 0.1) is 0 Å². The molecule has 1 saturated carbocycles. The highest BCUT2D eigenvalue weighted by atomic mass is 19.1. The first-order valence-corrected chi connectivity index (χ1v) is 7.71. The lowest BCUT2D eigenvalue weighted by atomic mass is 9.87. The van der Waals surface area contributed by atoms with Crippen LogP contribution in [0, 0.1) is 18.7 Å². The Labute approximate surface area is 116 Å². The molecule has 1 aliphatic carbocycles. The number of rotatable bonds is 6. The van der Waals surface area contributed by atoms with Gasteiger partial charge in [-0.25, -0.2) is 4.39 Å². The van der Waals surface area contributed by atoms with Crippen LogP contribution in [0.5, 0.6) is 0 Å². The maximum absolute atomic E-state index is 13.0. The zero-order valence-corrected chi connectivity index (χ0v) is 12.1. The van der Waals surface area contributed by atoms with Crippen LogP contribution in [0.2, 0.25) is 0 Å². The first-order chi connectivity index (χ1) is 9.25. The van der Waals surface area contributed by atoms with Crippen LogP contribution in [0.4, 0.5) is 4.39 Å². The summed E-state index contributed by atoms with van der Waals surface area (Å²) in [6.07, 6.45) is 9.48. The zero-order valence-electron chi connectivity index (χ0n) is 12.1. The third-order valence-corrected chi connectivity index (χ3v) is 4.33. The molecule has 1 aliphatic rings. The summed E-state index contributed by atoms with van der Waals surface area (Å²) in [6, 6.07) is 5.09. The van der Waals surface area contributed by atoms with Crippen LogP contribution in [-0.2, 0) is 6.42 Å². The van der Waals surface area contributed by atoms with Crippen molar-refractivity contribution in [2.75, 3.05) is 13.1 Å². The molecule has 0 radical (unpaired) electrons. The third kappa shape index (κ3) is 4.94. The molecule has 0 amide bonds. The van der Waals surface area contributed by atoms with Crippen molar-refractivity contribution in [2.45, 2.75) is 51.9 Å². The topological polar surface area (TPSA) is 12.0 Å². The molecule has 0 aliphatic heterocycles. The van der Waals surface area contributed by atoms with Crippen LogP contribution in [0.25, 0.3) is 0 Å². The Morgan fingerprint density at radius 2 is 1.95 bits per heavy atom. The molecule has 0 aromatic heterocycles. The van der Waals surface area contributed by atoms with Gasteiger partial charge in [-0.2, -0.15) is 0 Å². The van der Waals surface area contributed by atoms with Gasteiger partial charge in [-0.05, 0) is 62.0 Å². The van der Waals surface area contributed by atoms with Gasteiger partial charge >= 0.3 is 0 Å². The maximum atomic E-state index is 13.0. The molecule has 0 heterocycles. The summed E-state index contributed by atoms with van der Waals surface area (Å²) in [7, 11) is 0. The van der Waals surface area contributed by atoms with Crippen LogP contribution in [0.3, 0.4) is 0 Å². The summed E-state index contributed by atoms with van der Waals surface area (Å²) < 4.78 is 13.0. The molecule has 19 heavy (non-hydrogen) atoms. The maximum Gasteiger partial charge on any atom is 0.123 e. The van der Waals surface area contributed by atoms with Gasteiger partial charge in [0, 0.05) is 0 Å². The molecule has 1 nitrogen and oxygen atoms in total. The fraction of sp³-hybridized carbons (Fsp3) is 0.647. The smallest absolute Gasteiger partial charge is 0.123 e. The normalized spacial score (nSPS) is 16.7. The van der Waals surface area contributed by atoms with Crippen LogP contribution >= 0.6 is 0 Å². The van der Waals surface area contributed by atoms with E-state index in [9.17, 15) is 4.39 Å². The van der Waals surface area contributed by atoms with E-state index in [-0.39, 0.29) is 5.82 Å². The fourth-order valence-electron chi connectivity index (χ4n) is 3.07. The molecule has 1 N–H and O–H groups in total. The Bertz CT molecular complexity index is 383. The first kappa shape index (κ1) is 14.5. The molecule has 1 fully saturated rings. The summed E-state index contributed by atoms with van der Waals surface area (Å²) in [5, 5.41) is 3.53. The Morgan fingerprint density at radius 1 is 1.16 bits per heavy atom. The molecular formula is C17H26FN. The Balaban J connectivity index is 1.61. The molecular weight excluding hydrogens is 237 g/mol. The van der Waals surface area contributed by atoms with Gasteiger partial charge in [0.15, 0.2) is 0 Å². The van der Waals surface area contributed by atoms with Crippen LogP contribution in [0.1, 0.15) is 49.7 Å². The minimum absolute atomic E-state index is 0.133. The van der Waals surface area contributed by atoms with Crippen molar-refractivity contribution in [3.05, 3.63) is 35.1 Å². The average Bonchev–Trinajstić information content (AvgIpc) is 2.42. The highest BCUT2D eigenvalue weighted by Crippen LogP contribution is 2.25. The molecule has 0 bridgehead atoms. The summed E-state index contributed by atoms with van der Waals surface area (Å²) in [5.74, 6) is 0.820. The highest BCUT2D eigenvalue weighted by molar-refractivity contribution is 5.26. The van der Waals surface area contributed by atoms with E-state index in [1.54, 1.807) is 12.1 Å². The van der Waals surface area contributed by atoms with Crippen molar-refractivity contribution in [1.82, 2.24) is 5.32 Å². The standard InChI is InChI=1S/C17H26FN/c1-14-13-17(18)8-7-16(14)10-12-19-11-9-15-5-3-2-4-6-15/h7-8,13,15,19H,2-6,9-12H2,1H3. The summed E-state index contributed by atoms with van der Waals surface area (Å²) in [5.41, 5.74) is 2.32. The quantitative estimate of drug-likeness (QED) is 0.757. The van der Waals surface area contributed by atoms with Crippen LogP contribution < -0.4 is 5.32 Å². The number of nitrogens with one attached hydrogen (secondary N) is 1. The van der Waals surface area contributed by atoms with Crippen LogP contribution in [0.15, 0.2) is 18.2 Å². The van der Waals surface area contributed by atoms with Gasteiger partial charge < -0.3 is 5.32 Å². The number of benzene rings is 1. The number of halogens is 1. The molecule has 106 valence electrons. The zero-order chi connectivity index (χ0) is 13.5. The van der Waals surface area contributed by atoms with E-state index >= 15 is 0 Å². The monoisotopic (exact) mass is 263 g/mol. The Morgan fingerprint density at radius 3 is 2.68 bits per heavy atom. The van der Waals surface area contributed by atoms with Gasteiger partial charge in [-0.3, -0.25) is 0 Å². The molecule has 1 aromatic rings. The van der Waals surface area contributed by atoms with Gasteiger partial charge in [0.2, 0.25) is 0 Å². The van der Waals surface area contributed by atoms with Gasteiger partial charge in [0.25, 0.3) is 0 Å². The third-order valence-electron chi connectivity index (χ3n) is 4.33. The fourth-order valence-corrected chi connectivity index (χ4v) is 3.07. The SMILES string of the molecule is Cc1cc(F)ccc1CCNCCC1CCCCC1. The van der Waals surface area contributed by atoms with Crippen molar-refractivity contribution in [1.29, 1.82) is 0 Å². The van der Waals surface area contributed by atoms with Crippen LogP contribution in [-0.4, -0.2) is 13.1 Å². The van der Waals surface area contributed by atoms with Crippen molar-refractivity contribution < 1.29 is 4.39 Å². The first-order valence-electron chi connectivity index (χ1n) is 7.71. The number of aryl methyl sites for hydroxylation is 1. The molecule has 2 rings (SSSR count). The Kier molecular flexibility index (Phi) is 5.84. The van der Waals surface area contributed by atoms with Crippen molar-refractivity contribution in [3.8, 4) is 0 Å². The minimum atomic E-state index is -0.133. The number of hydrogen-bond acceptors (Lipinski definition) is 1. The minimum Gasteiger partial charge on any atom is -0.316 e. The van der Waals surface area contributed by atoms with Gasteiger partial charge in [0.1, 0.15) is 5.82 Å². The lowest BCUT2D eigenvalue weighted by molar-refractivity contribution is 0.334. The molecule has 0 unspecified atom stereocenters. The second-order valence-corrected chi connectivity index (χ2v) is 5.86.